The maximum absolute atomic E-state index is 12.3. The summed E-state index contributed by atoms with van der Waals surface area (Å²) in [5.41, 5.74) is 2.04. The van der Waals surface area contributed by atoms with Gasteiger partial charge in [0.2, 0.25) is 0 Å². The molecule has 1 atom stereocenters. The topological polar surface area (TPSA) is 52.9 Å². The first kappa shape index (κ1) is 15.8. The fourth-order valence-corrected chi connectivity index (χ4v) is 5.44. The molecule has 1 amide bonds. The minimum atomic E-state index is -0.323. The van der Waals surface area contributed by atoms with Gasteiger partial charge < -0.3 is 5.32 Å². The van der Waals surface area contributed by atoms with Crippen molar-refractivity contribution in [1.82, 2.24) is 0 Å². The van der Waals surface area contributed by atoms with Crippen molar-refractivity contribution in [2.45, 2.75) is 26.2 Å². The number of carbonyl (C=O) groups excluding carboxylic acids is 1. The number of anilines is 1. The second-order valence-electron chi connectivity index (χ2n) is 5.36. The summed E-state index contributed by atoms with van der Waals surface area (Å²) in [6.07, 6.45) is 2.95. The van der Waals surface area contributed by atoms with Crippen LogP contribution < -0.4 is 5.32 Å². The van der Waals surface area contributed by atoms with E-state index in [4.69, 9.17) is 23.2 Å². The van der Waals surface area contributed by atoms with Crippen molar-refractivity contribution in [1.29, 1.82) is 5.26 Å². The Labute approximate surface area is 146 Å². The lowest BCUT2D eigenvalue weighted by atomic mass is 9.88. The molecule has 2 aromatic heterocycles. The monoisotopic (exact) mass is 370 g/mol. The fourth-order valence-electron chi connectivity index (χ4n) is 2.62. The summed E-state index contributed by atoms with van der Waals surface area (Å²) < 4.78 is 0.825. The van der Waals surface area contributed by atoms with E-state index >= 15 is 0 Å². The third-order valence-electron chi connectivity index (χ3n) is 3.75. The Balaban J connectivity index is 1.91. The summed E-state index contributed by atoms with van der Waals surface area (Å²) in [6, 6.07) is 3.78. The number of nitriles is 1. The van der Waals surface area contributed by atoms with Gasteiger partial charge in [-0.05, 0) is 36.8 Å². The zero-order valence-corrected chi connectivity index (χ0v) is 14.8. The van der Waals surface area contributed by atoms with Crippen LogP contribution in [0.15, 0.2) is 6.07 Å². The number of thiophene rings is 2. The highest BCUT2D eigenvalue weighted by molar-refractivity contribution is 7.20. The minimum absolute atomic E-state index is 0.323. The molecule has 0 unspecified atom stereocenters. The van der Waals surface area contributed by atoms with E-state index in [-0.39, 0.29) is 5.91 Å². The third kappa shape index (κ3) is 2.89. The van der Waals surface area contributed by atoms with Crippen LogP contribution in [0.1, 0.15) is 39.7 Å². The first-order valence-electron chi connectivity index (χ1n) is 6.80. The number of carbonyl (C=O) groups is 1. The number of amides is 1. The Morgan fingerprint density at radius 1 is 1.45 bits per heavy atom. The largest absolute Gasteiger partial charge is 0.312 e. The van der Waals surface area contributed by atoms with Crippen molar-refractivity contribution in [2.75, 3.05) is 5.32 Å². The molecule has 0 radical (unpaired) electrons. The highest BCUT2D eigenvalue weighted by Crippen LogP contribution is 2.40. The third-order valence-corrected chi connectivity index (χ3v) is 6.41. The van der Waals surface area contributed by atoms with E-state index in [1.54, 1.807) is 6.07 Å². The minimum Gasteiger partial charge on any atom is -0.312 e. The van der Waals surface area contributed by atoms with Gasteiger partial charge >= 0.3 is 0 Å². The fraction of sp³-hybridized carbons (Fsp3) is 0.333. The summed E-state index contributed by atoms with van der Waals surface area (Å²) in [7, 11) is 0. The van der Waals surface area contributed by atoms with Gasteiger partial charge in [0.15, 0.2) is 0 Å². The lowest BCUT2D eigenvalue weighted by Gasteiger charge is -2.17. The van der Waals surface area contributed by atoms with Crippen LogP contribution in [0.2, 0.25) is 8.67 Å². The van der Waals surface area contributed by atoms with Crippen molar-refractivity contribution in [3.8, 4) is 6.07 Å². The Morgan fingerprint density at radius 2 is 2.23 bits per heavy atom. The predicted octanol–water partition coefficient (Wildman–Crippen LogP) is 5.37. The van der Waals surface area contributed by atoms with Gasteiger partial charge in [0, 0.05) is 4.88 Å². The Bertz CT molecular complexity index is 788. The number of rotatable bonds is 2. The van der Waals surface area contributed by atoms with Gasteiger partial charge in [-0.25, -0.2) is 0 Å². The maximum atomic E-state index is 12.3. The summed E-state index contributed by atoms with van der Waals surface area (Å²) in [6.45, 7) is 2.21. The Kier molecular flexibility index (Phi) is 4.47. The second-order valence-corrected chi connectivity index (χ2v) is 8.75. The lowest BCUT2D eigenvalue weighted by molar-refractivity contribution is 0.102. The van der Waals surface area contributed by atoms with Crippen LogP contribution in [0.5, 0.6) is 0 Å². The average Bonchev–Trinajstić information content (AvgIpc) is 2.97. The summed E-state index contributed by atoms with van der Waals surface area (Å²) in [5, 5.41) is 12.9. The molecule has 7 heteroatoms. The first-order chi connectivity index (χ1) is 10.5. The van der Waals surface area contributed by atoms with Crippen molar-refractivity contribution in [3.05, 3.63) is 36.3 Å². The van der Waals surface area contributed by atoms with E-state index in [0.717, 1.165) is 36.2 Å². The molecule has 0 bridgehead atoms. The van der Waals surface area contributed by atoms with Crippen molar-refractivity contribution in [3.63, 3.8) is 0 Å². The number of hydrogen-bond acceptors (Lipinski definition) is 4. The molecule has 3 rings (SSSR count). The SMILES string of the molecule is C[C@H]1CCc2c(sc(NC(=O)c3cc(Cl)sc3Cl)c2C#N)C1. The average molecular weight is 371 g/mol. The number of nitrogens with one attached hydrogen (secondary N) is 1. The van der Waals surface area contributed by atoms with Crippen LogP contribution in [-0.2, 0) is 12.8 Å². The van der Waals surface area contributed by atoms with Crippen molar-refractivity contribution < 1.29 is 4.79 Å². The number of halogens is 2. The molecule has 1 aliphatic carbocycles. The van der Waals surface area contributed by atoms with E-state index < -0.39 is 0 Å². The predicted molar refractivity (Wildman–Crippen MR) is 92.5 cm³/mol. The summed E-state index contributed by atoms with van der Waals surface area (Å²) >= 11 is 14.5. The molecule has 2 aromatic rings. The first-order valence-corrected chi connectivity index (χ1v) is 9.19. The Morgan fingerprint density at radius 3 is 2.86 bits per heavy atom. The van der Waals surface area contributed by atoms with Crippen LogP contribution in [0.3, 0.4) is 0 Å². The van der Waals surface area contributed by atoms with Gasteiger partial charge in [-0.1, -0.05) is 30.1 Å². The molecule has 0 spiro atoms. The molecule has 0 saturated carbocycles. The molecule has 114 valence electrons. The summed E-state index contributed by atoms with van der Waals surface area (Å²) in [5.74, 6) is 0.294. The summed E-state index contributed by atoms with van der Waals surface area (Å²) in [4.78, 5) is 13.6. The van der Waals surface area contributed by atoms with Gasteiger partial charge in [0.05, 0.1) is 15.5 Å². The van der Waals surface area contributed by atoms with E-state index in [9.17, 15) is 10.1 Å². The van der Waals surface area contributed by atoms with Crippen LogP contribution in [0.4, 0.5) is 5.00 Å². The van der Waals surface area contributed by atoms with E-state index in [1.165, 1.54) is 16.2 Å². The zero-order valence-electron chi connectivity index (χ0n) is 11.7. The highest BCUT2D eigenvalue weighted by atomic mass is 35.5. The second kappa shape index (κ2) is 6.21. The van der Waals surface area contributed by atoms with Gasteiger partial charge in [-0.15, -0.1) is 22.7 Å². The van der Waals surface area contributed by atoms with Crippen LogP contribution in [0.25, 0.3) is 0 Å². The van der Waals surface area contributed by atoms with Crippen LogP contribution in [-0.4, -0.2) is 5.91 Å². The molecule has 0 saturated heterocycles. The number of hydrogen-bond donors (Lipinski definition) is 1. The molecular weight excluding hydrogens is 359 g/mol. The van der Waals surface area contributed by atoms with Gasteiger partial charge in [-0.2, -0.15) is 5.26 Å². The molecular formula is C15H12Cl2N2OS2. The quantitative estimate of drug-likeness (QED) is 0.772. The number of nitrogens with zero attached hydrogens (tertiary/aromatic N) is 1. The number of fused-ring (bicyclic) bond motifs is 1. The Hall–Kier alpha value is -1.06. The molecule has 1 N–H and O–H groups in total. The van der Waals surface area contributed by atoms with Crippen LogP contribution >= 0.6 is 45.9 Å². The molecule has 0 fully saturated rings. The standard InChI is InChI=1S/C15H12Cl2N2OS2/c1-7-2-3-8-10(6-18)15(21-11(8)4-7)19-14(20)9-5-12(16)22-13(9)17/h5,7H,2-4H2,1H3,(H,19,20)/t7-/m0/s1. The van der Waals surface area contributed by atoms with Gasteiger partial charge in [-0.3, -0.25) is 4.79 Å². The van der Waals surface area contributed by atoms with Gasteiger partial charge in [0.25, 0.3) is 5.91 Å². The van der Waals surface area contributed by atoms with Crippen molar-refractivity contribution >= 4 is 56.8 Å². The molecule has 0 aliphatic heterocycles. The molecule has 22 heavy (non-hydrogen) atoms. The lowest BCUT2D eigenvalue weighted by Crippen LogP contribution is -2.11. The van der Waals surface area contributed by atoms with Crippen LogP contribution in [0, 0.1) is 17.2 Å². The molecule has 3 nitrogen and oxygen atoms in total. The maximum Gasteiger partial charge on any atom is 0.258 e. The van der Waals surface area contributed by atoms with E-state index in [1.807, 2.05) is 0 Å². The highest BCUT2D eigenvalue weighted by Gasteiger charge is 2.25. The van der Waals surface area contributed by atoms with E-state index in [0.29, 0.717) is 30.7 Å². The van der Waals surface area contributed by atoms with Gasteiger partial charge in [0.1, 0.15) is 15.4 Å². The molecule has 0 aromatic carbocycles. The van der Waals surface area contributed by atoms with Crippen molar-refractivity contribution in [2.24, 2.45) is 5.92 Å². The molecule has 2 heterocycles. The smallest absolute Gasteiger partial charge is 0.258 e. The molecule has 1 aliphatic rings. The van der Waals surface area contributed by atoms with E-state index in [2.05, 4.69) is 18.3 Å². The zero-order chi connectivity index (χ0) is 15.9. The normalized spacial score (nSPS) is 16.9.